The Balaban J connectivity index is 1.09. The molecule has 3 aromatic carbocycles. The Morgan fingerprint density at radius 2 is 1.63 bits per heavy atom. The number of hydrogen-bond donors (Lipinski definition) is 2. The first-order valence-electron chi connectivity index (χ1n) is 19.1. The molecule has 1 aliphatic heterocycles. The van der Waals surface area contributed by atoms with Crippen LogP contribution in [0, 0.1) is 12.8 Å². The summed E-state index contributed by atoms with van der Waals surface area (Å²) in [6.45, 7) is 8.57. The van der Waals surface area contributed by atoms with Gasteiger partial charge in [-0.2, -0.15) is 0 Å². The molecule has 2 fully saturated rings. The fraction of sp³-hybridized carbons (Fsp3) is 0.386. The van der Waals surface area contributed by atoms with Gasteiger partial charge in [-0.15, -0.1) is 0 Å². The van der Waals surface area contributed by atoms with Crippen molar-refractivity contribution in [2.75, 3.05) is 16.8 Å². The molecule has 0 saturated heterocycles. The van der Waals surface area contributed by atoms with Crippen LogP contribution in [0.15, 0.2) is 72.8 Å². The van der Waals surface area contributed by atoms with Crippen molar-refractivity contribution in [3.8, 4) is 11.1 Å². The number of benzene rings is 3. The van der Waals surface area contributed by atoms with Gasteiger partial charge in [-0.3, -0.25) is 14.9 Å². The van der Waals surface area contributed by atoms with Crippen LogP contribution >= 0.6 is 11.3 Å². The maximum Gasteiger partial charge on any atom is 0.358 e. The van der Waals surface area contributed by atoms with E-state index in [1.165, 1.54) is 24.2 Å². The molecule has 5 aromatic rings. The lowest BCUT2D eigenvalue weighted by Crippen LogP contribution is -2.53. The number of amides is 2. The van der Waals surface area contributed by atoms with Gasteiger partial charge in [-0.25, -0.2) is 14.8 Å². The number of hydrogen-bond acceptors (Lipinski definition) is 8. The summed E-state index contributed by atoms with van der Waals surface area (Å²) in [7, 11) is 0. The number of thiazole rings is 1. The molecule has 0 spiro atoms. The van der Waals surface area contributed by atoms with E-state index in [0.29, 0.717) is 53.1 Å². The van der Waals surface area contributed by atoms with Crippen LogP contribution in [0.3, 0.4) is 0 Å². The first-order valence-corrected chi connectivity index (χ1v) is 20.0. The Bertz CT molecular complexity index is 2230. The van der Waals surface area contributed by atoms with Gasteiger partial charge in [0.15, 0.2) is 10.8 Å². The highest BCUT2D eigenvalue weighted by Gasteiger charge is 2.40. The van der Waals surface area contributed by atoms with Crippen molar-refractivity contribution in [2.24, 2.45) is 5.92 Å². The molecule has 2 saturated carbocycles. The first kappa shape index (κ1) is 35.9. The van der Waals surface area contributed by atoms with E-state index in [1.54, 1.807) is 0 Å². The molecule has 2 amide bonds. The molecular formula is C44H47N5O4S. The molecule has 0 atom stereocenters. The number of para-hydroxylation sites is 1. The summed E-state index contributed by atoms with van der Waals surface area (Å²) in [5.74, 6) is 0.507. The van der Waals surface area contributed by atoms with E-state index in [2.05, 4.69) is 26.6 Å². The number of fused-ring (bicyclic) bond motifs is 4. The van der Waals surface area contributed by atoms with E-state index < -0.39 is 11.6 Å². The molecule has 0 radical (unpaired) electrons. The molecular weight excluding hydrogens is 695 g/mol. The highest BCUT2D eigenvalue weighted by Crippen LogP contribution is 2.43. The number of pyridine rings is 1. The predicted octanol–water partition coefficient (Wildman–Crippen LogP) is 9.28. The molecule has 3 aliphatic rings. The van der Waals surface area contributed by atoms with Crippen LogP contribution < -0.4 is 15.5 Å². The minimum atomic E-state index is -0.741. The predicted molar refractivity (Wildman–Crippen MR) is 214 cm³/mol. The largest absolute Gasteiger partial charge is 0.455 e. The second-order valence-electron chi connectivity index (χ2n) is 16.2. The maximum absolute atomic E-state index is 13.9. The van der Waals surface area contributed by atoms with Gasteiger partial charge in [-0.1, -0.05) is 73.4 Å². The fourth-order valence-electron chi connectivity index (χ4n) is 8.75. The quantitative estimate of drug-likeness (QED) is 0.160. The van der Waals surface area contributed by atoms with Crippen LogP contribution in [-0.4, -0.2) is 45.4 Å². The lowest BCUT2D eigenvalue weighted by Gasteiger charge is -2.45. The zero-order chi connectivity index (χ0) is 37.6. The SMILES string of the molecule is Cc1c(C(=O)NC23CCCC(CCC2)C3)cccc1-c1ccc(N2CCc3cccc(C(=O)Nc4nc5ccccc5s4)c3C2)nc1C(=O)OC(C)(C)C. The van der Waals surface area contributed by atoms with Crippen LogP contribution in [0.1, 0.15) is 114 Å². The number of esters is 1. The van der Waals surface area contributed by atoms with E-state index in [4.69, 9.17) is 9.72 Å². The third kappa shape index (κ3) is 7.23. The van der Waals surface area contributed by atoms with Gasteiger partial charge in [0.1, 0.15) is 11.4 Å². The molecule has 8 rings (SSSR count). The Labute approximate surface area is 320 Å². The molecule has 9 nitrogen and oxygen atoms in total. The Kier molecular flexibility index (Phi) is 9.50. The molecule has 10 heteroatoms. The summed E-state index contributed by atoms with van der Waals surface area (Å²) < 4.78 is 6.93. The normalized spacial score (nSPS) is 19.6. The number of anilines is 2. The molecule has 2 aromatic heterocycles. The van der Waals surface area contributed by atoms with Crippen molar-refractivity contribution in [2.45, 2.75) is 96.7 Å². The molecule has 3 heterocycles. The zero-order valence-corrected chi connectivity index (χ0v) is 32.3. The van der Waals surface area contributed by atoms with Gasteiger partial charge in [0.05, 0.1) is 10.2 Å². The molecule has 0 unspecified atom stereocenters. The smallest absolute Gasteiger partial charge is 0.358 e. The maximum atomic E-state index is 13.9. The number of carbonyl (C=O) groups excluding carboxylic acids is 3. The highest BCUT2D eigenvalue weighted by atomic mass is 32.1. The van der Waals surface area contributed by atoms with E-state index >= 15 is 0 Å². The summed E-state index contributed by atoms with van der Waals surface area (Å²) in [5.41, 5.74) is 5.57. The number of nitrogens with one attached hydrogen (secondary N) is 2. The van der Waals surface area contributed by atoms with Gasteiger partial charge in [0, 0.05) is 35.3 Å². The molecule has 54 heavy (non-hydrogen) atoms. The van der Waals surface area contributed by atoms with Gasteiger partial charge < -0.3 is 15.0 Å². The number of nitrogens with zero attached hydrogens (tertiary/aromatic N) is 3. The number of aromatic nitrogens is 2. The lowest BCUT2D eigenvalue weighted by atomic mass is 9.67. The monoisotopic (exact) mass is 741 g/mol. The number of rotatable bonds is 7. The van der Waals surface area contributed by atoms with Crippen LogP contribution in [-0.2, 0) is 17.7 Å². The van der Waals surface area contributed by atoms with Gasteiger partial charge in [0.2, 0.25) is 0 Å². The summed E-state index contributed by atoms with van der Waals surface area (Å²) >= 11 is 1.45. The summed E-state index contributed by atoms with van der Waals surface area (Å²) in [6.07, 6.45) is 8.65. The van der Waals surface area contributed by atoms with Crippen molar-refractivity contribution < 1.29 is 19.1 Å². The first-order chi connectivity index (χ1) is 26.0. The summed E-state index contributed by atoms with van der Waals surface area (Å²) in [4.78, 5) is 53.3. The van der Waals surface area contributed by atoms with Crippen molar-refractivity contribution in [3.63, 3.8) is 0 Å². The zero-order valence-electron chi connectivity index (χ0n) is 31.5. The number of ether oxygens (including phenoxy) is 1. The lowest BCUT2D eigenvalue weighted by molar-refractivity contribution is 0.00636. The van der Waals surface area contributed by atoms with E-state index in [1.807, 2.05) is 94.4 Å². The topological polar surface area (TPSA) is 114 Å². The van der Waals surface area contributed by atoms with E-state index in [9.17, 15) is 14.4 Å². The van der Waals surface area contributed by atoms with Crippen LogP contribution in [0.25, 0.3) is 21.3 Å². The Morgan fingerprint density at radius 3 is 2.41 bits per heavy atom. The number of carbonyl (C=O) groups is 3. The summed E-state index contributed by atoms with van der Waals surface area (Å²) in [5, 5.41) is 7.05. The van der Waals surface area contributed by atoms with Crippen molar-refractivity contribution in [1.29, 1.82) is 0 Å². The standard InChI is InChI=1S/C44H47N5O4S/c1-27-30(14-8-15-31(27)40(51)48-44-22-9-11-28(25-44)12-10-23-44)32-19-20-37(46-38(32)41(52)53-43(2,3)4)49-24-21-29-13-7-16-33(34(29)26-49)39(50)47-42-45-35-17-5-6-18-36(35)54-42/h5-8,13-20,28H,9-12,21-26H2,1-4H3,(H,48,51)(H,45,47,50). The fourth-order valence-corrected chi connectivity index (χ4v) is 9.61. The van der Waals surface area contributed by atoms with Gasteiger partial charge in [0.25, 0.3) is 11.8 Å². The van der Waals surface area contributed by atoms with Crippen molar-refractivity contribution >= 4 is 50.3 Å². The van der Waals surface area contributed by atoms with Crippen LogP contribution in [0.2, 0.25) is 0 Å². The molecule has 2 aliphatic carbocycles. The average Bonchev–Trinajstić information content (AvgIpc) is 3.56. The van der Waals surface area contributed by atoms with Crippen LogP contribution in [0.4, 0.5) is 10.9 Å². The van der Waals surface area contributed by atoms with Crippen molar-refractivity contribution in [1.82, 2.24) is 15.3 Å². The minimum absolute atomic E-state index is 0.0599. The Morgan fingerprint density at radius 1 is 0.870 bits per heavy atom. The third-order valence-electron chi connectivity index (χ3n) is 11.3. The van der Waals surface area contributed by atoms with Gasteiger partial charge >= 0.3 is 5.97 Å². The molecule has 278 valence electrons. The molecule has 2 N–H and O–H groups in total. The second kappa shape index (κ2) is 14.3. The Hall–Kier alpha value is -5.09. The van der Waals surface area contributed by atoms with E-state index in [0.717, 1.165) is 64.6 Å². The molecule has 2 bridgehead atoms. The van der Waals surface area contributed by atoms with Crippen LogP contribution in [0.5, 0.6) is 0 Å². The van der Waals surface area contributed by atoms with E-state index in [-0.39, 0.29) is 23.0 Å². The van der Waals surface area contributed by atoms with Gasteiger partial charge in [-0.05, 0) is 118 Å². The highest BCUT2D eigenvalue weighted by molar-refractivity contribution is 7.22. The second-order valence-corrected chi connectivity index (χ2v) is 17.2. The summed E-state index contributed by atoms with van der Waals surface area (Å²) in [6, 6.07) is 23.2. The third-order valence-corrected chi connectivity index (χ3v) is 12.2. The average molecular weight is 742 g/mol. The minimum Gasteiger partial charge on any atom is -0.455 e. The van der Waals surface area contributed by atoms with Crippen molar-refractivity contribution in [3.05, 3.63) is 106 Å².